The minimum Gasteiger partial charge on any atom is -0.493 e. The molecule has 1 aliphatic heterocycles. The van der Waals surface area contributed by atoms with Crippen molar-refractivity contribution in [1.29, 1.82) is 0 Å². The zero-order valence-electron chi connectivity index (χ0n) is 6.71. The van der Waals surface area contributed by atoms with E-state index in [0.29, 0.717) is 12.4 Å². The predicted octanol–water partition coefficient (Wildman–Crippen LogP) is 1.91. The van der Waals surface area contributed by atoms with Crippen LogP contribution in [0.25, 0.3) is 0 Å². The smallest absolute Gasteiger partial charge is 0.165 e. The molecule has 64 valence electrons. The summed E-state index contributed by atoms with van der Waals surface area (Å²) >= 11 is 0. The molecule has 1 heterocycles. The molecule has 0 aromatic heterocycles. The fourth-order valence-electron chi connectivity index (χ4n) is 1.22. The molecular formula is C9H9FO2. The predicted molar refractivity (Wildman–Crippen MR) is 41.6 cm³/mol. The van der Waals surface area contributed by atoms with E-state index in [4.69, 9.17) is 9.47 Å². The van der Waals surface area contributed by atoms with E-state index >= 15 is 0 Å². The Hall–Kier alpha value is -1.09. The third-order valence-corrected chi connectivity index (χ3v) is 1.88. The minimum atomic E-state index is -0.328. The van der Waals surface area contributed by atoms with Crippen LogP contribution in [0, 0.1) is 5.82 Å². The summed E-state index contributed by atoms with van der Waals surface area (Å²) in [4.78, 5) is 0. The number of halogens is 1. The Kier molecular flexibility index (Phi) is 1.73. The fourth-order valence-corrected chi connectivity index (χ4v) is 1.22. The van der Waals surface area contributed by atoms with Crippen LogP contribution in [0.15, 0.2) is 18.2 Å². The second-order valence-electron chi connectivity index (χ2n) is 2.68. The molecule has 0 N–H and O–H groups in total. The monoisotopic (exact) mass is 168 g/mol. The van der Waals surface area contributed by atoms with E-state index in [-0.39, 0.29) is 11.9 Å². The summed E-state index contributed by atoms with van der Waals surface area (Å²) in [5, 5.41) is 0. The molecule has 0 spiro atoms. The first kappa shape index (κ1) is 7.55. The molecular weight excluding hydrogens is 159 g/mol. The maximum absolute atomic E-state index is 13.1. The van der Waals surface area contributed by atoms with Crippen molar-refractivity contribution in [2.45, 2.75) is 6.10 Å². The van der Waals surface area contributed by atoms with Crippen LogP contribution in [-0.2, 0) is 4.74 Å². The SMILES string of the molecule is COc1c(F)cccc1[C@H]1CO1. The average Bonchev–Trinajstić information content (AvgIpc) is 2.86. The molecule has 12 heavy (non-hydrogen) atoms. The van der Waals surface area contributed by atoms with E-state index in [1.807, 2.05) is 6.07 Å². The second kappa shape index (κ2) is 2.75. The van der Waals surface area contributed by atoms with Gasteiger partial charge in [-0.2, -0.15) is 0 Å². The molecule has 0 saturated carbocycles. The van der Waals surface area contributed by atoms with E-state index in [1.54, 1.807) is 6.07 Å². The number of ether oxygens (including phenoxy) is 2. The number of benzene rings is 1. The molecule has 0 unspecified atom stereocenters. The summed E-state index contributed by atoms with van der Waals surface area (Å²) in [7, 11) is 1.46. The number of methoxy groups -OCH3 is 1. The van der Waals surface area contributed by atoms with E-state index < -0.39 is 0 Å². The van der Waals surface area contributed by atoms with Gasteiger partial charge in [0.25, 0.3) is 0 Å². The van der Waals surface area contributed by atoms with Gasteiger partial charge in [-0.15, -0.1) is 0 Å². The first-order valence-electron chi connectivity index (χ1n) is 3.77. The van der Waals surface area contributed by atoms with Gasteiger partial charge in [-0.3, -0.25) is 0 Å². The first-order chi connectivity index (χ1) is 5.83. The molecule has 1 atom stereocenters. The van der Waals surface area contributed by atoms with Crippen LogP contribution in [0.2, 0.25) is 0 Å². The molecule has 2 nitrogen and oxygen atoms in total. The van der Waals surface area contributed by atoms with Gasteiger partial charge in [0.2, 0.25) is 0 Å². The zero-order valence-corrected chi connectivity index (χ0v) is 6.71. The van der Waals surface area contributed by atoms with Crippen LogP contribution in [0.4, 0.5) is 4.39 Å². The molecule has 0 aliphatic carbocycles. The summed E-state index contributed by atoms with van der Waals surface area (Å²) in [6.07, 6.45) is 0.0376. The highest BCUT2D eigenvalue weighted by Crippen LogP contribution is 2.37. The maximum Gasteiger partial charge on any atom is 0.165 e. The summed E-state index contributed by atoms with van der Waals surface area (Å²) in [6, 6.07) is 4.86. The summed E-state index contributed by atoms with van der Waals surface area (Å²) in [5.41, 5.74) is 0.803. The molecule has 0 amide bonds. The molecule has 1 aliphatic rings. The Labute approximate surface area is 69.9 Å². The molecule has 0 bridgehead atoms. The van der Waals surface area contributed by atoms with Crippen LogP contribution >= 0.6 is 0 Å². The Morgan fingerprint density at radius 2 is 2.33 bits per heavy atom. The van der Waals surface area contributed by atoms with E-state index in [2.05, 4.69) is 0 Å². The lowest BCUT2D eigenvalue weighted by atomic mass is 10.1. The van der Waals surface area contributed by atoms with Crippen molar-refractivity contribution < 1.29 is 13.9 Å². The number of para-hydroxylation sites is 1. The lowest BCUT2D eigenvalue weighted by Gasteiger charge is -2.05. The Balaban J connectivity index is 2.43. The van der Waals surface area contributed by atoms with Crippen molar-refractivity contribution in [1.82, 2.24) is 0 Å². The summed E-state index contributed by atoms with van der Waals surface area (Å²) in [6.45, 7) is 0.666. The molecule has 1 aromatic carbocycles. The van der Waals surface area contributed by atoms with Gasteiger partial charge in [-0.25, -0.2) is 4.39 Å². The van der Waals surface area contributed by atoms with Crippen molar-refractivity contribution in [2.75, 3.05) is 13.7 Å². The molecule has 1 fully saturated rings. The molecule has 3 heteroatoms. The second-order valence-corrected chi connectivity index (χ2v) is 2.68. The highest BCUT2D eigenvalue weighted by atomic mass is 19.1. The van der Waals surface area contributed by atoms with E-state index in [9.17, 15) is 4.39 Å². The third-order valence-electron chi connectivity index (χ3n) is 1.88. The van der Waals surface area contributed by atoms with E-state index in [0.717, 1.165) is 5.56 Å². The molecule has 0 radical (unpaired) electrons. The van der Waals surface area contributed by atoms with Crippen molar-refractivity contribution in [3.05, 3.63) is 29.6 Å². The van der Waals surface area contributed by atoms with Gasteiger partial charge < -0.3 is 9.47 Å². The van der Waals surface area contributed by atoms with Crippen LogP contribution < -0.4 is 4.74 Å². The van der Waals surface area contributed by atoms with Crippen molar-refractivity contribution >= 4 is 0 Å². The van der Waals surface area contributed by atoms with Crippen LogP contribution in [0.5, 0.6) is 5.75 Å². The molecule has 1 aromatic rings. The van der Waals surface area contributed by atoms with Gasteiger partial charge in [0.05, 0.1) is 13.7 Å². The molecule has 1 saturated heterocycles. The topological polar surface area (TPSA) is 21.8 Å². The maximum atomic E-state index is 13.1. The van der Waals surface area contributed by atoms with Crippen molar-refractivity contribution in [3.8, 4) is 5.75 Å². The minimum absolute atomic E-state index is 0.0376. The first-order valence-corrected chi connectivity index (χ1v) is 3.77. The number of hydrogen-bond acceptors (Lipinski definition) is 2. The van der Waals surface area contributed by atoms with Gasteiger partial charge in [-0.1, -0.05) is 12.1 Å². The summed E-state index contributed by atoms with van der Waals surface area (Å²) in [5.74, 6) is -0.0227. The van der Waals surface area contributed by atoms with Crippen molar-refractivity contribution in [3.63, 3.8) is 0 Å². The van der Waals surface area contributed by atoms with Crippen LogP contribution in [0.1, 0.15) is 11.7 Å². The Bertz CT molecular complexity index is 295. The fraction of sp³-hybridized carbons (Fsp3) is 0.333. The number of rotatable bonds is 2. The highest BCUT2D eigenvalue weighted by molar-refractivity contribution is 5.38. The van der Waals surface area contributed by atoms with Crippen LogP contribution in [-0.4, -0.2) is 13.7 Å². The van der Waals surface area contributed by atoms with E-state index in [1.165, 1.54) is 13.2 Å². The van der Waals surface area contributed by atoms with Crippen LogP contribution in [0.3, 0.4) is 0 Å². The largest absolute Gasteiger partial charge is 0.493 e. The van der Waals surface area contributed by atoms with Crippen molar-refractivity contribution in [2.24, 2.45) is 0 Å². The number of hydrogen-bond donors (Lipinski definition) is 0. The molecule has 2 rings (SSSR count). The Morgan fingerprint density at radius 3 is 2.92 bits per heavy atom. The lowest BCUT2D eigenvalue weighted by molar-refractivity contribution is 0.364. The van der Waals surface area contributed by atoms with Gasteiger partial charge in [0.1, 0.15) is 6.10 Å². The summed E-state index contributed by atoms with van der Waals surface area (Å²) < 4.78 is 23.0. The average molecular weight is 168 g/mol. The normalized spacial score (nSPS) is 20.7. The zero-order chi connectivity index (χ0) is 8.55. The van der Waals surface area contributed by atoms with Gasteiger partial charge >= 0.3 is 0 Å². The Morgan fingerprint density at radius 1 is 1.58 bits per heavy atom. The quantitative estimate of drug-likeness (QED) is 0.629. The third kappa shape index (κ3) is 1.16. The van der Waals surface area contributed by atoms with Gasteiger partial charge in [0.15, 0.2) is 11.6 Å². The number of epoxide rings is 1. The highest BCUT2D eigenvalue weighted by Gasteiger charge is 2.29. The standard InChI is InChI=1S/C9H9FO2/c1-11-9-6(8-5-12-8)3-2-4-7(9)10/h2-4,8H,5H2,1H3/t8-/m1/s1. The van der Waals surface area contributed by atoms with Gasteiger partial charge in [-0.05, 0) is 6.07 Å². The lowest BCUT2D eigenvalue weighted by Crippen LogP contribution is -1.93. The van der Waals surface area contributed by atoms with Gasteiger partial charge in [0, 0.05) is 5.56 Å².